The Hall–Kier alpha value is -2.71. The predicted octanol–water partition coefficient (Wildman–Crippen LogP) is 4.09. The molecule has 1 amide bonds. The van der Waals surface area contributed by atoms with Gasteiger partial charge in [-0.25, -0.2) is 8.42 Å². The zero-order chi connectivity index (χ0) is 22.1. The summed E-state index contributed by atoms with van der Waals surface area (Å²) in [4.78, 5) is 14.4. The van der Waals surface area contributed by atoms with E-state index in [0.717, 1.165) is 0 Å². The molecule has 1 heterocycles. The van der Waals surface area contributed by atoms with Gasteiger partial charge in [0.2, 0.25) is 5.91 Å². The summed E-state index contributed by atoms with van der Waals surface area (Å²) in [6.45, 7) is 7.79. The van der Waals surface area contributed by atoms with Crippen LogP contribution >= 0.6 is 11.6 Å². The van der Waals surface area contributed by atoms with Crippen LogP contribution in [-0.2, 0) is 14.8 Å². The van der Waals surface area contributed by atoms with Gasteiger partial charge in [-0.1, -0.05) is 17.7 Å². The van der Waals surface area contributed by atoms with E-state index in [1.165, 1.54) is 25.3 Å². The van der Waals surface area contributed by atoms with Crippen LogP contribution < -0.4 is 19.1 Å². The number of fused-ring (bicyclic) bond motifs is 1. The lowest BCUT2D eigenvalue weighted by molar-refractivity contribution is -0.127. The fourth-order valence-electron chi connectivity index (χ4n) is 3.05. The average Bonchev–Trinajstić information content (AvgIpc) is 2.78. The second-order valence-electron chi connectivity index (χ2n) is 7.46. The Labute approximate surface area is 181 Å². The van der Waals surface area contributed by atoms with Gasteiger partial charge >= 0.3 is 0 Å². The summed E-state index contributed by atoms with van der Waals surface area (Å²) in [6.07, 6.45) is 1.63. The van der Waals surface area contributed by atoms with E-state index in [4.69, 9.17) is 21.1 Å². The number of halogens is 1. The first kappa shape index (κ1) is 22.0. The lowest BCUT2D eigenvalue weighted by atomic mass is 9.93. The largest absolute Gasteiger partial charge is 0.495 e. The van der Waals surface area contributed by atoms with Crippen molar-refractivity contribution in [3.63, 3.8) is 0 Å². The topological polar surface area (TPSA) is 84.9 Å². The Morgan fingerprint density at radius 2 is 2.03 bits per heavy atom. The molecule has 3 rings (SSSR count). The molecule has 0 saturated heterocycles. The molecule has 0 unspecified atom stereocenters. The predicted molar refractivity (Wildman–Crippen MR) is 117 cm³/mol. The molecule has 0 fully saturated rings. The molecular formula is C21H23ClN2O5S. The van der Waals surface area contributed by atoms with E-state index in [0.29, 0.717) is 29.4 Å². The van der Waals surface area contributed by atoms with Crippen molar-refractivity contribution >= 4 is 38.9 Å². The summed E-state index contributed by atoms with van der Waals surface area (Å²) in [5.74, 6) is 0.690. The maximum Gasteiger partial charge on any atom is 0.261 e. The third-order valence-corrected chi connectivity index (χ3v) is 6.34. The molecule has 0 aliphatic carbocycles. The number of benzene rings is 2. The molecule has 1 N–H and O–H groups in total. The van der Waals surface area contributed by atoms with E-state index in [2.05, 4.69) is 11.3 Å². The molecular weight excluding hydrogens is 428 g/mol. The molecule has 9 heteroatoms. The van der Waals surface area contributed by atoms with Crippen molar-refractivity contribution in [2.75, 3.05) is 29.9 Å². The highest BCUT2D eigenvalue weighted by molar-refractivity contribution is 7.92. The number of ether oxygens (including phenoxy) is 2. The van der Waals surface area contributed by atoms with Crippen molar-refractivity contribution in [3.05, 3.63) is 54.1 Å². The monoisotopic (exact) mass is 450 g/mol. The van der Waals surface area contributed by atoms with Gasteiger partial charge in [0.05, 0.1) is 33.8 Å². The van der Waals surface area contributed by atoms with Gasteiger partial charge in [0.25, 0.3) is 10.0 Å². The first-order valence-corrected chi connectivity index (χ1v) is 11.0. The maximum absolute atomic E-state index is 12.9. The van der Waals surface area contributed by atoms with Gasteiger partial charge in [-0.3, -0.25) is 9.52 Å². The lowest BCUT2D eigenvalue weighted by Crippen LogP contribution is -2.42. The Balaban J connectivity index is 1.94. The van der Waals surface area contributed by atoms with Crippen LogP contribution in [0.4, 0.5) is 11.4 Å². The number of methoxy groups -OCH3 is 1. The number of nitrogens with zero attached hydrogens (tertiary/aromatic N) is 1. The molecule has 2 aromatic rings. The van der Waals surface area contributed by atoms with Crippen LogP contribution in [-0.4, -0.2) is 34.6 Å². The van der Waals surface area contributed by atoms with Crippen molar-refractivity contribution in [1.82, 2.24) is 0 Å². The molecule has 0 spiro atoms. The highest BCUT2D eigenvalue weighted by Gasteiger charge is 2.37. The minimum Gasteiger partial charge on any atom is -0.495 e. The van der Waals surface area contributed by atoms with Gasteiger partial charge in [-0.05, 0) is 44.2 Å². The number of sulfonamides is 1. The molecule has 0 atom stereocenters. The summed E-state index contributed by atoms with van der Waals surface area (Å²) in [5, 5.41) is 0.187. The number of rotatable bonds is 6. The average molecular weight is 451 g/mol. The minimum atomic E-state index is -3.90. The standard InChI is InChI=1S/C21H23ClN2O5S/c1-5-10-24-17-8-6-14(11-19(17)29-13-21(2,3)20(24)25)23-30(26,27)15-7-9-18(28-4)16(22)12-15/h5-9,11-12,23H,1,10,13H2,2-4H3. The smallest absolute Gasteiger partial charge is 0.261 e. The summed E-state index contributed by atoms with van der Waals surface area (Å²) in [6, 6.07) is 8.99. The summed E-state index contributed by atoms with van der Waals surface area (Å²) < 4.78 is 39.0. The molecule has 0 saturated carbocycles. The molecule has 0 bridgehead atoms. The van der Waals surface area contributed by atoms with Crippen molar-refractivity contribution in [2.45, 2.75) is 18.7 Å². The molecule has 1 aliphatic heterocycles. The lowest BCUT2D eigenvalue weighted by Gasteiger charge is -2.27. The van der Waals surface area contributed by atoms with E-state index in [9.17, 15) is 13.2 Å². The highest BCUT2D eigenvalue weighted by atomic mass is 35.5. The van der Waals surface area contributed by atoms with Gasteiger partial charge in [0, 0.05) is 12.6 Å². The molecule has 2 aromatic carbocycles. The van der Waals surface area contributed by atoms with E-state index in [-0.39, 0.29) is 22.4 Å². The SMILES string of the molecule is C=CCN1C(=O)C(C)(C)COc2cc(NS(=O)(=O)c3ccc(OC)c(Cl)c3)ccc21. The molecule has 7 nitrogen and oxygen atoms in total. The van der Waals surface area contributed by atoms with Crippen molar-refractivity contribution in [2.24, 2.45) is 5.41 Å². The van der Waals surface area contributed by atoms with Gasteiger partial charge < -0.3 is 14.4 Å². The van der Waals surface area contributed by atoms with Crippen LogP contribution in [0.2, 0.25) is 5.02 Å². The maximum atomic E-state index is 12.9. The van der Waals surface area contributed by atoms with Gasteiger partial charge in [-0.15, -0.1) is 6.58 Å². The van der Waals surface area contributed by atoms with E-state index in [1.807, 2.05) is 0 Å². The number of anilines is 2. The van der Waals surface area contributed by atoms with Crippen LogP contribution in [0.25, 0.3) is 0 Å². The van der Waals surface area contributed by atoms with Crippen LogP contribution in [0.3, 0.4) is 0 Å². The summed E-state index contributed by atoms with van der Waals surface area (Å²) in [5.41, 5.74) is 0.119. The first-order valence-electron chi connectivity index (χ1n) is 9.15. The van der Waals surface area contributed by atoms with Crippen molar-refractivity contribution < 1.29 is 22.7 Å². The summed E-state index contributed by atoms with van der Waals surface area (Å²) in [7, 11) is -2.45. The second kappa shape index (κ2) is 8.20. The Bertz CT molecular complexity index is 1100. The number of hydrogen-bond acceptors (Lipinski definition) is 5. The number of carbonyl (C=O) groups excluding carboxylic acids is 1. The van der Waals surface area contributed by atoms with Crippen LogP contribution in [0.5, 0.6) is 11.5 Å². The second-order valence-corrected chi connectivity index (χ2v) is 9.55. The highest BCUT2D eigenvalue weighted by Crippen LogP contribution is 2.38. The van der Waals surface area contributed by atoms with Crippen molar-refractivity contribution in [3.8, 4) is 11.5 Å². The number of hydrogen-bond donors (Lipinski definition) is 1. The normalized spacial score (nSPS) is 15.6. The summed E-state index contributed by atoms with van der Waals surface area (Å²) >= 11 is 6.05. The Morgan fingerprint density at radius 1 is 1.30 bits per heavy atom. The third-order valence-electron chi connectivity index (χ3n) is 4.66. The molecule has 1 aliphatic rings. The zero-order valence-corrected chi connectivity index (χ0v) is 18.5. The van der Waals surface area contributed by atoms with Crippen LogP contribution in [0.15, 0.2) is 53.9 Å². The van der Waals surface area contributed by atoms with Crippen LogP contribution in [0.1, 0.15) is 13.8 Å². The van der Waals surface area contributed by atoms with Gasteiger partial charge in [-0.2, -0.15) is 0 Å². The number of amides is 1. The number of nitrogens with one attached hydrogen (secondary N) is 1. The third kappa shape index (κ3) is 4.24. The van der Waals surface area contributed by atoms with Gasteiger partial charge in [0.15, 0.2) is 0 Å². The molecule has 0 radical (unpaired) electrons. The quantitative estimate of drug-likeness (QED) is 0.670. The fourth-order valence-corrected chi connectivity index (χ4v) is 4.45. The Morgan fingerprint density at radius 3 is 2.67 bits per heavy atom. The van der Waals surface area contributed by atoms with E-state index in [1.54, 1.807) is 43.0 Å². The zero-order valence-electron chi connectivity index (χ0n) is 16.9. The Kier molecular flexibility index (Phi) is 6.01. The molecule has 0 aromatic heterocycles. The fraction of sp³-hybridized carbons (Fsp3) is 0.286. The van der Waals surface area contributed by atoms with Crippen molar-refractivity contribution in [1.29, 1.82) is 0 Å². The number of carbonyl (C=O) groups is 1. The first-order chi connectivity index (χ1) is 14.1. The minimum absolute atomic E-state index is 0.00578. The molecule has 160 valence electrons. The van der Waals surface area contributed by atoms with Crippen LogP contribution in [0, 0.1) is 5.41 Å². The van der Waals surface area contributed by atoms with E-state index >= 15 is 0 Å². The van der Waals surface area contributed by atoms with Gasteiger partial charge in [0.1, 0.15) is 18.1 Å². The molecule has 30 heavy (non-hydrogen) atoms. The van der Waals surface area contributed by atoms with E-state index < -0.39 is 15.4 Å².